The van der Waals surface area contributed by atoms with Gasteiger partial charge < -0.3 is 10.2 Å². The lowest BCUT2D eigenvalue weighted by atomic mass is 10.2. The highest BCUT2D eigenvalue weighted by atomic mass is 15.2. The van der Waals surface area contributed by atoms with Gasteiger partial charge in [0.15, 0.2) is 0 Å². The van der Waals surface area contributed by atoms with Crippen molar-refractivity contribution >= 4 is 0 Å². The van der Waals surface area contributed by atoms with Gasteiger partial charge in [-0.05, 0) is 44.8 Å². The van der Waals surface area contributed by atoms with Crippen molar-refractivity contribution in [1.82, 2.24) is 15.1 Å². The third-order valence-corrected chi connectivity index (χ3v) is 4.77. The highest BCUT2D eigenvalue weighted by Crippen LogP contribution is 2.14. The van der Waals surface area contributed by atoms with Gasteiger partial charge in [0.1, 0.15) is 0 Å². The molecule has 3 heteroatoms. The van der Waals surface area contributed by atoms with Crippen LogP contribution in [0.1, 0.15) is 31.7 Å². The van der Waals surface area contributed by atoms with Crippen LogP contribution < -0.4 is 5.32 Å². The van der Waals surface area contributed by atoms with Gasteiger partial charge in [0.2, 0.25) is 0 Å². The van der Waals surface area contributed by atoms with E-state index in [2.05, 4.69) is 52.4 Å². The van der Waals surface area contributed by atoms with Gasteiger partial charge in [0, 0.05) is 38.3 Å². The second-order valence-electron chi connectivity index (χ2n) is 6.78. The average molecular weight is 287 g/mol. The molecule has 2 saturated heterocycles. The van der Waals surface area contributed by atoms with Crippen molar-refractivity contribution in [1.29, 1.82) is 0 Å². The second kappa shape index (κ2) is 7.39. The number of benzene rings is 1. The molecule has 3 rings (SSSR count). The Morgan fingerprint density at radius 3 is 2.62 bits per heavy atom. The van der Waals surface area contributed by atoms with Gasteiger partial charge in [-0.1, -0.05) is 30.3 Å². The molecule has 0 radical (unpaired) electrons. The molecule has 2 unspecified atom stereocenters. The molecule has 1 aromatic carbocycles. The molecule has 2 atom stereocenters. The molecule has 0 bridgehead atoms. The maximum absolute atomic E-state index is 3.84. The molecule has 0 amide bonds. The summed E-state index contributed by atoms with van der Waals surface area (Å²) in [5, 5.41) is 3.84. The van der Waals surface area contributed by atoms with Crippen molar-refractivity contribution in [2.75, 3.05) is 32.7 Å². The summed E-state index contributed by atoms with van der Waals surface area (Å²) in [5.74, 6) is 0. The zero-order chi connectivity index (χ0) is 14.5. The van der Waals surface area contributed by atoms with E-state index >= 15 is 0 Å². The highest BCUT2D eigenvalue weighted by molar-refractivity contribution is 5.14. The summed E-state index contributed by atoms with van der Waals surface area (Å²) in [6.45, 7) is 9.68. The van der Waals surface area contributed by atoms with Crippen molar-refractivity contribution in [2.24, 2.45) is 0 Å². The number of rotatable bonds is 6. The molecule has 2 aliphatic heterocycles. The van der Waals surface area contributed by atoms with Crippen LogP contribution in [0.15, 0.2) is 30.3 Å². The molecule has 2 heterocycles. The zero-order valence-electron chi connectivity index (χ0n) is 13.3. The van der Waals surface area contributed by atoms with E-state index in [9.17, 15) is 0 Å². The Kier molecular flexibility index (Phi) is 5.28. The molecule has 2 aliphatic rings. The van der Waals surface area contributed by atoms with Crippen LogP contribution in [0.4, 0.5) is 0 Å². The highest BCUT2D eigenvalue weighted by Gasteiger charge is 2.24. The monoisotopic (exact) mass is 287 g/mol. The summed E-state index contributed by atoms with van der Waals surface area (Å²) >= 11 is 0. The van der Waals surface area contributed by atoms with Gasteiger partial charge in [-0.2, -0.15) is 0 Å². The molecule has 3 nitrogen and oxygen atoms in total. The van der Waals surface area contributed by atoms with Crippen molar-refractivity contribution in [3.8, 4) is 0 Å². The van der Waals surface area contributed by atoms with Gasteiger partial charge in [0.25, 0.3) is 0 Å². The van der Waals surface area contributed by atoms with E-state index in [4.69, 9.17) is 0 Å². The van der Waals surface area contributed by atoms with Gasteiger partial charge in [0.05, 0.1) is 0 Å². The Bertz CT molecular complexity index is 414. The largest absolute Gasteiger partial charge is 0.309 e. The zero-order valence-corrected chi connectivity index (χ0v) is 13.3. The molecular weight excluding hydrogens is 258 g/mol. The summed E-state index contributed by atoms with van der Waals surface area (Å²) in [6.07, 6.45) is 4.07. The smallest absolute Gasteiger partial charge is 0.0234 e. The summed E-state index contributed by atoms with van der Waals surface area (Å²) in [5.41, 5.74) is 1.43. The first-order valence-corrected chi connectivity index (χ1v) is 8.54. The number of nitrogens with one attached hydrogen (secondary N) is 1. The van der Waals surface area contributed by atoms with E-state index in [1.165, 1.54) is 57.5 Å². The van der Waals surface area contributed by atoms with Crippen molar-refractivity contribution in [3.63, 3.8) is 0 Å². The predicted molar refractivity (Wildman–Crippen MR) is 88.4 cm³/mol. The van der Waals surface area contributed by atoms with Crippen LogP contribution in [0.2, 0.25) is 0 Å². The van der Waals surface area contributed by atoms with E-state index < -0.39 is 0 Å². The van der Waals surface area contributed by atoms with Crippen molar-refractivity contribution in [3.05, 3.63) is 35.9 Å². The Labute approximate surface area is 129 Å². The predicted octanol–water partition coefficient (Wildman–Crippen LogP) is 2.33. The number of hydrogen-bond acceptors (Lipinski definition) is 3. The fourth-order valence-corrected chi connectivity index (χ4v) is 3.76. The first-order valence-electron chi connectivity index (χ1n) is 8.54. The third-order valence-electron chi connectivity index (χ3n) is 4.77. The van der Waals surface area contributed by atoms with Gasteiger partial charge >= 0.3 is 0 Å². The van der Waals surface area contributed by atoms with E-state index in [0.29, 0.717) is 12.1 Å². The average Bonchev–Trinajstić information content (AvgIpc) is 3.12. The topological polar surface area (TPSA) is 18.5 Å². The summed E-state index contributed by atoms with van der Waals surface area (Å²) in [6, 6.07) is 12.1. The molecular formula is C18H29N3. The van der Waals surface area contributed by atoms with E-state index in [0.717, 1.165) is 6.54 Å². The second-order valence-corrected chi connectivity index (χ2v) is 6.78. The van der Waals surface area contributed by atoms with E-state index in [1.54, 1.807) is 0 Å². The molecule has 0 aliphatic carbocycles. The molecule has 2 fully saturated rings. The number of likely N-dealkylation sites (tertiary alicyclic amines) is 2. The minimum absolute atomic E-state index is 0.616. The minimum atomic E-state index is 0.616. The van der Waals surface area contributed by atoms with Crippen molar-refractivity contribution in [2.45, 2.75) is 44.8 Å². The Balaban J connectivity index is 1.39. The minimum Gasteiger partial charge on any atom is -0.309 e. The molecule has 1 aromatic rings. The Morgan fingerprint density at radius 1 is 1.10 bits per heavy atom. The lowest BCUT2D eigenvalue weighted by Crippen LogP contribution is -2.44. The quantitative estimate of drug-likeness (QED) is 0.866. The molecule has 21 heavy (non-hydrogen) atoms. The van der Waals surface area contributed by atoms with E-state index in [1.807, 2.05) is 0 Å². The van der Waals surface area contributed by atoms with Crippen LogP contribution in [-0.2, 0) is 6.54 Å². The number of hydrogen-bond donors (Lipinski definition) is 1. The molecule has 116 valence electrons. The Morgan fingerprint density at radius 2 is 1.86 bits per heavy atom. The van der Waals surface area contributed by atoms with Crippen LogP contribution in [0.3, 0.4) is 0 Å². The van der Waals surface area contributed by atoms with Crippen molar-refractivity contribution < 1.29 is 0 Å². The van der Waals surface area contributed by atoms with E-state index in [-0.39, 0.29) is 0 Å². The SMILES string of the molecule is CC(CN1CCCC1)NC1CCN(Cc2ccccc2)C1. The van der Waals surface area contributed by atoms with Gasteiger partial charge in [-0.3, -0.25) is 4.90 Å². The van der Waals surface area contributed by atoms with Crippen LogP contribution >= 0.6 is 0 Å². The summed E-state index contributed by atoms with van der Waals surface area (Å²) < 4.78 is 0. The molecule has 0 saturated carbocycles. The van der Waals surface area contributed by atoms with Gasteiger partial charge in [-0.15, -0.1) is 0 Å². The maximum Gasteiger partial charge on any atom is 0.0234 e. The summed E-state index contributed by atoms with van der Waals surface area (Å²) in [7, 11) is 0. The lowest BCUT2D eigenvalue weighted by molar-refractivity contribution is 0.277. The van der Waals surface area contributed by atoms with Crippen LogP contribution in [0.25, 0.3) is 0 Å². The molecule has 0 aromatic heterocycles. The maximum atomic E-state index is 3.84. The molecule has 1 N–H and O–H groups in total. The van der Waals surface area contributed by atoms with Crippen LogP contribution in [0, 0.1) is 0 Å². The van der Waals surface area contributed by atoms with Crippen LogP contribution in [-0.4, -0.2) is 54.6 Å². The third kappa shape index (κ3) is 4.53. The lowest BCUT2D eigenvalue weighted by Gasteiger charge is -2.24. The number of nitrogens with zero attached hydrogens (tertiary/aromatic N) is 2. The fourth-order valence-electron chi connectivity index (χ4n) is 3.76. The normalized spacial score (nSPS) is 25.5. The molecule has 0 spiro atoms. The first kappa shape index (κ1) is 15.0. The first-order chi connectivity index (χ1) is 10.3. The Hall–Kier alpha value is -0.900. The van der Waals surface area contributed by atoms with Gasteiger partial charge in [-0.25, -0.2) is 0 Å². The fraction of sp³-hybridized carbons (Fsp3) is 0.667. The summed E-state index contributed by atoms with van der Waals surface area (Å²) in [4.78, 5) is 5.18. The standard InChI is InChI=1S/C18H29N3/c1-16(13-20-10-5-6-11-20)19-18-9-12-21(15-18)14-17-7-3-2-4-8-17/h2-4,7-8,16,18-19H,5-6,9-15H2,1H3. The van der Waals surface area contributed by atoms with Crippen LogP contribution in [0.5, 0.6) is 0 Å².